The smallest absolute Gasteiger partial charge is 0.0281 e. The molecule has 0 nitrogen and oxygen atoms in total. The van der Waals surface area contributed by atoms with Crippen LogP contribution in [-0.2, 0) is 6.42 Å². The van der Waals surface area contributed by atoms with E-state index in [0.717, 1.165) is 0 Å². The molecule has 0 N–H and O–H groups in total. The van der Waals surface area contributed by atoms with Crippen molar-refractivity contribution in [2.75, 3.05) is 0 Å². The Balaban J connectivity index is -0.000000100. The summed E-state index contributed by atoms with van der Waals surface area (Å²) in [7, 11) is 0. The summed E-state index contributed by atoms with van der Waals surface area (Å²) < 4.78 is 0. The van der Waals surface area contributed by atoms with Crippen molar-refractivity contribution >= 4 is 0 Å². The Morgan fingerprint density at radius 1 is 0.700 bits per heavy atom. The minimum absolute atomic E-state index is 1.21. The van der Waals surface area contributed by atoms with Crippen LogP contribution < -0.4 is 0 Å². The van der Waals surface area contributed by atoms with Crippen molar-refractivity contribution in [3.8, 4) is 12.8 Å². The lowest BCUT2D eigenvalue weighted by Crippen LogP contribution is -1.78. The second-order valence-corrected chi connectivity index (χ2v) is 3.59. The highest BCUT2D eigenvalue weighted by Gasteiger charge is 1.84. The molecule has 1 aromatic rings. The van der Waals surface area contributed by atoms with Crippen molar-refractivity contribution in [3.63, 3.8) is 0 Å². The van der Waals surface area contributed by atoms with Gasteiger partial charge < -0.3 is 0 Å². The van der Waals surface area contributed by atoms with Gasteiger partial charge in [-0.25, -0.2) is 0 Å². The quantitative estimate of drug-likeness (QED) is 0.513. The lowest BCUT2D eigenvalue weighted by molar-refractivity contribution is 0.772. The van der Waals surface area contributed by atoms with E-state index < -0.39 is 0 Å². The Bertz CT molecular complexity index is 218. The first-order valence-corrected chi connectivity index (χ1v) is 8.22. The summed E-state index contributed by atoms with van der Waals surface area (Å²) in [6, 6.07) is 10.6. The second-order valence-electron chi connectivity index (χ2n) is 3.59. The van der Waals surface area contributed by atoms with Gasteiger partial charge in [0.1, 0.15) is 0 Å². The van der Waals surface area contributed by atoms with Gasteiger partial charge in [-0.1, -0.05) is 104 Å². The molecule has 0 saturated carbocycles. The predicted molar refractivity (Wildman–Crippen MR) is 98.2 cm³/mol. The number of terminal acetylenes is 1. The summed E-state index contributed by atoms with van der Waals surface area (Å²) in [5.74, 6) is 0. The van der Waals surface area contributed by atoms with Gasteiger partial charge in [0, 0.05) is 0 Å². The molecule has 0 spiro atoms. The average molecular weight is 279 g/mol. The first-order chi connectivity index (χ1) is 9.85. The zero-order valence-corrected chi connectivity index (χ0v) is 15.1. The number of hydrogen-bond acceptors (Lipinski definition) is 0. The van der Waals surface area contributed by atoms with Crippen LogP contribution in [0, 0.1) is 12.8 Å². The molecule has 0 aromatic heterocycles. The molecule has 0 amide bonds. The topological polar surface area (TPSA) is 0 Å². The number of benzene rings is 1. The summed E-state index contributed by atoms with van der Waals surface area (Å²) in [5.41, 5.74) is 1.44. The van der Waals surface area contributed by atoms with Crippen LogP contribution in [0.4, 0.5) is 0 Å². The van der Waals surface area contributed by atoms with Crippen LogP contribution in [0.2, 0.25) is 0 Å². The Morgan fingerprint density at radius 3 is 1.35 bits per heavy atom. The number of unbranched alkanes of at least 4 members (excludes halogenated alkanes) is 2. The lowest BCUT2D eigenvalue weighted by Gasteiger charge is -1.93. The zero-order chi connectivity index (χ0) is 16.6. The molecule has 0 saturated heterocycles. The van der Waals surface area contributed by atoms with E-state index in [2.05, 4.69) is 63.9 Å². The Kier molecular flexibility index (Phi) is 49.0. The van der Waals surface area contributed by atoms with Gasteiger partial charge >= 0.3 is 0 Å². The largest absolute Gasteiger partial charge is 0.124 e. The highest BCUT2D eigenvalue weighted by atomic mass is 13.9. The Labute approximate surface area is 130 Å². The van der Waals surface area contributed by atoms with E-state index >= 15 is 0 Å². The maximum Gasteiger partial charge on any atom is -0.0281 e. The van der Waals surface area contributed by atoms with Gasteiger partial charge in [-0.2, -0.15) is 0 Å². The highest BCUT2D eigenvalue weighted by molar-refractivity contribution is 5.14. The minimum Gasteiger partial charge on any atom is -0.124 e. The SMILES string of the molecule is C#C.CC.CC.CCCCC.CCCc1ccccc1. The summed E-state index contributed by atoms with van der Waals surface area (Å²) in [4.78, 5) is 0. The van der Waals surface area contributed by atoms with E-state index in [9.17, 15) is 0 Å². The monoisotopic (exact) mass is 278 g/mol. The van der Waals surface area contributed by atoms with E-state index in [1.165, 1.54) is 37.7 Å². The van der Waals surface area contributed by atoms with Crippen LogP contribution >= 0.6 is 0 Å². The van der Waals surface area contributed by atoms with Crippen LogP contribution in [0.1, 0.15) is 79.7 Å². The van der Waals surface area contributed by atoms with Gasteiger partial charge in [-0.05, 0) is 12.0 Å². The lowest BCUT2D eigenvalue weighted by atomic mass is 10.1. The van der Waals surface area contributed by atoms with Crippen LogP contribution in [0.15, 0.2) is 30.3 Å². The normalized spacial score (nSPS) is 7.05. The van der Waals surface area contributed by atoms with Crippen molar-refractivity contribution in [2.24, 2.45) is 0 Å². The van der Waals surface area contributed by atoms with Crippen molar-refractivity contribution in [1.82, 2.24) is 0 Å². The fourth-order valence-electron chi connectivity index (χ4n) is 1.29. The Morgan fingerprint density at radius 2 is 1.10 bits per heavy atom. The molecule has 118 valence electrons. The summed E-state index contributed by atoms with van der Waals surface area (Å²) in [6.45, 7) is 14.6. The fraction of sp³-hybridized carbons (Fsp3) is 0.600. The molecule has 0 heteroatoms. The summed E-state index contributed by atoms with van der Waals surface area (Å²) in [6.07, 6.45) is 14.5. The molecule has 0 aliphatic heterocycles. The number of hydrogen-bond donors (Lipinski definition) is 0. The van der Waals surface area contributed by atoms with E-state index in [4.69, 9.17) is 0 Å². The first-order valence-electron chi connectivity index (χ1n) is 8.22. The summed E-state index contributed by atoms with van der Waals surface area (Å²) in [5, 5.41) is 0. The molecule has 0 aliphatic carbocycles. The van der Waals surface area contributed by atoms with Crippen LogP contribution in [0.25, 0.3) is 0 Å². The molecular formula is C20H38. The molecule has 0 atom stereocenters. The van der Waals surface area contributed by atoms with Crippen LogP contribution in [0.5, 0.6) is 0 Å². The molecule has 0 unspecified atom stereocenters. The number of aryl methyl sites for hydroxylation is 1. The Hall–Kier alpha value is -1.22. The molecule has 0 aliphatic rings. The van der Waals surface area contributed by atoms with E-state index in [1.807, 2.05) is 27.7 Å². The standard InChI is InChI=1S/C9H12.C5H12.2C2H6.C2H2/c1-2-6-9-7-4-3-5-8-9;1-3-5-4-2;3*1-2/h3-5,7-8H,2,6H2,1H3;3-5H2,1-2H3;2*1-2H3;1-2H. The molecule has 20 heavy (non-hydrogen) atoms. The van der Waals surface area contributed by atoms with Gasteiger partial charge in [0.05, 0.1) is 0 Å². The third-order valence-electron chi connectivity index (χ3n) is 2.09. The molecular weight excluding hydrogens is 240 g/mol. The average Bonchev–Trinajstić information content (AvgIpc) is 2.56. The van der Waals surface area contributed by atoms with Gasteiger partial charge in [-0.15, -0.1) is 12.8 Å². The predicted octanol–water partition coefficient (Wildman–Crippen LogP) is 7.14. The van der Waals surface area contributed by atoms with E-state index in [-0.39, 0.29) is 0 Å². The molecule has 0 radical (unpaired) electrons. The molecule has 0 heterocycles. The highest BCUT2D eigenvalue weighted by Crippen LogP contribution is 2.00. The van der Waals surface area contributed by atoms with Crippen LogP contribution in [-0.4, -0.2) is 0 Å². The maximum atomic E-state index is 4.00. The zero-order valence-electron chi connectivity index (χ0n) is 15.1. The molecule has 0 fully saturated rings. The van der Waals surface area contributed by atoms with Crippen molar-refractivity contribution in [3.05, 3.63) is 35.9 Å². The molecule has 0 bridgehead atoms. The van der Waals surface area contributed by atoms with Gasteiger partial charge in [-0.3, -0.25) is 0 Å². The summed E-state index contributed by atoms with van der Waals surface area (Å²) >= 11 is 0. The van der Waals surface area contributed by atoms with Gasteiger partial charge in [0.25, 0.3) is 0 Å². The van der Waals surface area contributed by atoms with Crippen molar-refractivity contribution in [2.45, 2.75) is 80.6 Å². The molecule has 1 rings (SSSR count). The fourth-order valence-corrected chi connectivity index (χ4v) is 1.29. The minimum atomic E-state index is 1.21. The second kappa shape index (κ2) is 36.1. The van der Waals surface area contributed by atoms with Crippen molar-refractivity contribution < 1.29 is 0 Å². The van der Waals surface area contributed by atoms with Gasteiger partial charge in [0.15, 0.2) is 0 Å². The number of rotatable bonds is 4. The van der Waals surface area contributed by atoms with Crippen molar-refractivity contribution in [1.29, 1.82) is 0 Å². The van der Waals surface area contributed by atoms with E-state index in [1.54, 1.807) is 0 Å². The maximum absolute atomic E-state index is 4.00. The van der Waals surface area contributed by atoms with Crippen LogP contribution in [0.3, 0.4) is 0 Å². The van der Waals surface area contributed by atoms with E-state index in [0.29, 0.717) is 0 Å². The third kappa shape index (κ3) is 30.1. The first kappa shape index (κ1) is 27.2. The van der Waals surface area contributed by atoms with Gasteiger partial charge in [0.2, 0.25) is 0 Å². The third-order valence-corrected chi connectivity index (χ3v) is 2.09. The molecule has 1 aromatic carbocycles.